The van der Waals surface area contributed by atoms with Gasteiger partial charge in [0, 0.05) is 0 Å². The predicted molar refractivity (Wildman–Crippen MR) is 86.9 cm³/mol. The number of hydrogen-bond acceptors (Lipinski definition) is 6. The molecule has 0 radical (unpaired) electrons. The molecule has 0 aliphatic carbocycles. The average molecular weight is 431 g/mol. The van der Waals surface area contributed by atoms with Gasteiger partial charge in [-0.15, -0.1) is 0 Å². The molecule has 0 amide bonds. The number of ether oxygens (including phenoxy) is 3. The van der Waals surface area contributed by atoms with Crippen LogP contribution in [0.3, 0.4) is 0 Å². The molecule has 22 heavy (non-hydrogen) atoms. The van der Waals surface area contributed by atoms with Crippen LogP contribution in [0.1, 0.15) is 41.5 Å². The van der Waals surface area contributed by atoms with Crippen molar-refractivity contribution in [3.05, 3.63) is 0 Å². The average Bonchev–Trinajstić information content (AvgIpc) is 2.42. The Hall–Kier alpha value is 0.578. The van der Waals surface area contributed by atoms with Crippen LogP contribution in [0.5, 0.6) is 0 Å². The van der Waals surface area contributed by atoms with Gasteiger partial charge in [-0.1, -0.05) is 0 Å². The van der Waals surface area contributed by atoms with Crippen molar-refractivity contribution in [1.82, 2.24) is 0 Å². The molecule has 0 aliphatic heterocycles. The Balaban J connectivity index is 3.86. The van der Waals surface area contributed by atoms with E-state index in [-0.39, 0.29) is 18.3 Å². The van der Waals surface area contributed by atoms with E-state index >= 15 is 0 Å². The fourth-order valence-electron chi connectivity index (χ4n) is 1.30. The standard InChI is InChI=1S/3C5H11O2.Sb/c3*1-5(2)7-4-3-6;/h3*5H,3-4H2,1-2H3;/q3*-1;+3. The first kappa shape index (κ1) is 22.6. The molecule has 6 nitrogen and oxygen atoms in total. The SMILES string of the molecule is CC(C)OCC[O][Sb]([O]CCOC(C)C)[O]CCOC(C)C. The normalized spacial score (nSPS) is 12.3. The second kappa shape index (κ2) is 15.1. The van der Waals surface area contributed by atoms with Gasteiger partial charge < -0.3 is 0 Å². The second-order valence-corrected chi connectivity index (χ2v) is 8.97. The van der Waals surface area contributed by atoms with Gasteiger partial charge in [-0.25, -0.2) is 0 Å². The first-order valence-electron chi connectivity index (χ1n) is 7.95. The molecule has 0 heterocycles. The molecule has 0 saturated heterocycles. The zero-order valence-corrected chi connectivity index (χ0v) is 17.4. The summed E-state index contributed by atoms with van der Waals surface area (Å²) in [5.74, 6) is 0. The molecule has 7 heteroatoms. The van der Waals surface area contributed by atoms with Crippen molar-refractivity contribution in [3.8, 4) is 0 Å². The maximum absolute atomic E-state index is 5.71. The minimum atomic E-state index is -2.62. The molecule has 134 valence electrons. The van der Waals surface area contributed by atoms with E-state index in [1.54, 1.807) is 0 Å². The first-order valence-corrected chi connectivity index (χ1v) is 11.1. The summed E-state index contributed by atoms with van der Waals surface area (Å²) in [6.45, 7) is 15.1. The Kier molecular flexibility index (Phi) is 15.5. The van der Waals surface area contributed by atoms with E-state index in [1.807, 2.05) is 41.5 Å². The van der Waals surface area contributed by atoms with Crippen LogP contribution < -0.4 is 0 Å². The van der Waals surface area contributed by atoms with Crippen LogP contribution in [0.25, 0.3) is 0 Å². The van der Waals surface area contributed by atoms with Gasteiger partial charge in [0.2, 0.25) is 0 Å². The van der Waals surface area contributed by atoms with Crippen LogP contribution in [-0.2, 0) is 23.3 Å². The van der Waals surface area contributed by atoms with E-state index in [1.165, 1.54) is 0 Å². The van der Waals surface area contributed by atoms with Crippen molar-refractivity contribution in [3.63, 3.8) is 0 Å². The zero-order chi connectivity index (χ0) is 16.8. The number of hydrogen-bond donors (Lipinski definition) is 0. The van der Waals surface area contributed by atoms with Crippen LogP contribution >= 0.6 is 0 Å². The Morgan fingerprint density at radius 1 is 0.500 bits per heavy atom. The molecular weight excluding hydrogens is 398 g/mol. The quantitative estimate of drug-likeness (QED) is 0.293. The molecule has 0 atom stereocenters. The van der Waals surface area contributed by atoms with Crippen LogP contribution in [0, 0.1) is 0 Å². The summed E-state index contributed by atoms with van der Waals surface area (Å²) in [5.41, 5.74) is 0. The van der Waals surface area contributed by atoms with Crippen LogP contribution in [0.4, 0.5) is 0 Å². The predicted octanol–water partition coefficient (Wildman–Crippen LogP) is 2.30. The van der Waals surface area contributed by atoms with Gasteiger partial charge in [0.15, 0.2) is 0 Å². The zero-order valence-electron chi connectivity index (χ0n) is 14.9. The van der Waals surface area contributed by atoms with Gasteiger partial charge in [0.05, 0.1) is 0 Å². The van der Waals surface area contributed by atoms with Gasteiger partial charge in [-0.2, -0.15) is 0 Å². The van der Waals surface area contributed by atoms with E-state index in [0.717, 1.165) is 0 Å². The van der Waals surface area contributed by atoms with Crippen molar-refractivity contribution >= 4 is 21.5 Å². The van der Waals surface area contributed by atoms with E-state index in [4.69, 9.17) is 23.3 Å². The molecule has 0 saturated carbocycles. The topological polar surface area (TPSA) is 55.4 Å². The Morgan fingerprint density at radius 2 is 0.773 bits per heavy atom. The summed E-state index contributed by atoms with van der Waals surface area (Å²) in [6.07, 6.45) is 0.610. The Labute approximate surface area is 144 Å². The fourth-order valence-corrected chi connectivity index (χ4v) is 3.85. The van der Waals surface area contributed by atoms with E-state index < -0.39 is 21.5 Å². The van der Waals surface area contributed by atoms with E-state index in [9.17, 15) is 0 Å². The van der Waals surface area contributed by atoms with Crippen LogP contribution in [-0.4, -0.2) is 79.4 Å². The monoisotopic (exact) mass is 430 g/mol. The molecule has 0 spiro atoms. The Morgan fingerprint density at radius 3 is 1.00 bits per heavy atom. The summed E-state index contributed by atoms with van der Waals surface area (Å²) < 4.78 is 33.5. The molecule has 0 aromatic rings. The summed E-state index contributed by atoms with van der Waals surface area (Å²) in [4.78, 5) is 0. The molecule has 0 rings (SSSR count). The van der Waals surface area contributed by atoms with E-state index in [0.29, 0.717) is 39.6 Å². The fraction of sp³-hybridized carbons (Fsp3) is 1.00. The first-order chi connectivity index (χ1) is 10.4. The molecular formula is C15H33O6Sb. The van der Waals surface area contributed by atoms with Crippen molar-refractivity contribution < 1.29 is 23.3 Å². The van der Waals surface area contributed by atoms with Crippen molar-refractivity contribution in [1.29, 1.82) is 0 Å². The summed E-state index contributed by atoms with van der Waals surface area (Å²) >= 11 is -2.62. The third-order valence-corrected chi connectivity index (χ3v) is 5.56. The molecule has 0 aromatic heterocycles. The van der Waals surface area contributed by atoms with Gasteiger partial charge in [-0.05, 0) is 0 Å². The minimum absolute atomic E-state index is 0.203. The second-order valence-electron chi connectivity index (χ2n) is 5.48. The van der Waals surface area contributed by atoms with Gasteiger partial charge >= 0.3 is 144 Å². The van der Waals surface area contributed by atoms with Crippen LogP contribution in [0.15, 0.2) is 0 Å². The van der Waals surface area contributed by atoms with E-state index in [2.05, 4.69) is 0 Å². The summed E-state index contributed by atoms with van der Waals surface area (Å²) in [7, 11) is 0. The third-order valence-electron chi connectivity index (χ3n) is 2.19. The summed E-state index contributed by atoms with van der Waals surface area (Å²) in [5, 5.41) is 0. The Bertz CT molecular complexity index is 200. The third kappa shape index (κ3) is 16.9. The maximum atomic E-state index is 5.71. The van der Waals surface area contributed by atoms with Crippen molar-refractivity contribution in [2.45, 2.75) is 59.9 Å². The molecule has 0 unspecified atom stereocenters. The molecule has 0 aromatic carbocycles. The van der Waals surface area contributed by atoms with Crippen molar-refractivity contribution in [2.24, 2.45) is 0 Å². The van der Waals surface area contributed by atoms with Gasteiger partial charge in [0.25, 0.3) is 0 Å². The van der Waals surface area contributed by atoms with Crippen molar-refractivity contribution in [2.75, 3.05) is 39.6 Å². The van der Waals surface area contributed by atoms with Gasteiger partial charge in [0.1, 0.15) is 0 Å². The summed E-state index contributed by atoms with van der Waals surface area (Å²) in [6, 6.07) is 0. The van der Waals surface area contributed by atoms with Gasteiger partial charge in [-0.3, -0.25) is 0 Å². The molecule has 0 aliphatic rings. The molecule has 0 bridgehead atoms. The van der Waals surface area contributed by atoms with Crippen LogP contribution in [0.2, 0.25) is 0 Å². The molecule has 0 fully saturated rings. The molecule has 0 N–H and O–H groups in total. The number of rotatable bonds is 15.